The molecule has 2 aromatic heterocycles. The molecule has 182 valence electrons. The van der Waals surface area contributed by atoms with Crippen molar-refractivity contribution in [2.75, 3.05) is 50.0 Å². The fourth-order valence-corrected chi connectivity index (χ4v) is 4.85. The van der Waals surface area contributed by atoms with Gasteiger partial charge < -0.3 is 30.0 Å². The van der Waals surface area contributed by atoms with Gasteiger partial charge in [0.2, 0.25) is 5.28 Å². The summed E-state index contributed by atoms with van der Waals surface area (Å²) in [6.45, 7) is 10.0. The van der Waals surface area contributed by atoms with Crippen molar-refractivity contribution in [1.29, 1.82) is 0 Å². The number of nitrogens with zero attached hydrogens (tertiary/aromatic N) is 5. The molecule has 3 aromatic rings. The SMILES string of the molecule is CC(C)CNCCn1c(Cc2cc3c(cc2N2CCCC2)OCCO3)nc2c(N)nc(Cl)nc21. The molecule has 1 saturated heterocycles. The van der Waals surface area contributed by atoms with Crippen molar-refractivity contribution in [2.24, 2.45) is 5.92 Å². The Kier molecular flexibility index (Phi) is 6.65. The van der Waals surface area contributed by atoms with Crippen LogP contribution in [-0.2, 0) is 13.0 Å². The predicted molar refractivity (Wildman–Crippen MR) is 134 cm³/mol. The van der Waals surface area contributed by atoms with Crippen LogP contribution in [0.1, 0.15) is 38.1 Å². The summed E-state index contributed by atoms with van der Waals surface area (Å²) in [6.07, 6.45) is 3.00. The highest BCUT2D eigenvalue weighted by atomic mass is 35.5. The number of hydrogen-bond acceptors (Lipinski definition) is 8. The van der Waals surface area contributed by atoms with Crippen molar-refractivity contribution in [3.05, 3.63) is 28.8 Å². The van der Waals surface area contributed by atoms with Gasteiger partial charge in [0.05, 0.1) is 0 Å². The third-order valence-electron chi connectivity index (χ3n) is 6.28. The van der Waals surface area contributed by atoms with Crippen molar-refractivity contribution in [3.63, 3.8) is 0 Å². The highest BCUT2D eigenvalue weighted by Crippen LogP contribution is 2.39. The number of fused-ring (bicyclic) bond motifs is 2. The first-order valence-electron chi connectivity index (χ1n) is 12.1. The summed E-state index contributed by atoms with van der Waals surface area (Å²) >= 11 is 6.16. The molecule has 1 aromatic carbocycles. The van der Waals surface area contributed by atoms with Gasteiger partial charge in [0.25, 0.3) is 0 Å². The van der Waals surface area contributed by atoms with Gasteiger partial charge in [0, 0.05) is 44.4 Å². The number of aromatic nitrogens is 4. The van der Waals surface area contributed by atoms with E-state index in [4.69, 9.17) is 31.8 Å². The average Bonchev–Trinajstić information content (AvgIpc) is 3.45. The fraction of sp³-hybridized carbons (Fsp3) is 0.542. The Morgan fingerprint density at radius 3 is 2.56 bits per heavy atom. The lowest BCUT2D eigenvalue weighted by Crippen LogP contribution is -2.25. The van der Waals surface area contributed by atoms with Crippen LogP contribution < -0.4 is 25.4 Å². The number of anilines is 2. The lowest BCUT2D eigenvalue weighted by molar-refractivity contribution is 0.171. The van der Waals surface area contributed by atoms with E-state index in [1.54, 1.807) is 0 Å². The number of hydrogen-bond donors (Lipinski definition) is 2. The number of imidazole rings is 1. The van der Waals surface area contributed by atoms with Gasteiger partial charge in [-0.3, -0.25) is 0 Å². The monoisotopic (exact) mass is 485 g/mol. The van der Waals surface area contributed by atoms with E-state index in [0.29, 0.717) is 49.1 Å². The zero-order valence-electron chi connectivity index (χ0n) is 19.8. The molecule has 0 saturated carbocycles. The molecule has 0 unspecified atom stereocenters. The van der Waals surface area contributed by atoms with Crippen molar-refractivity contribution in [2.45, 2.75) is 39.7 Å². The number of halogens is 1. The van der Waals surface area contributed by atoms with Crippen LogP contribution >= 0.6 is 11.6 Å². The van der Waals surface area contributed by atoms with Crippen LogP contribution in [0.15, 0.2) is 12.1 Å². The first-order valence-corrected chi connectivity index (χ1v) is 12.4. The van der Waals surface area contributed by atoms with E-state index in [2.05, 4.69) is 50.7 Å². The summed E-state index contributed by atoms with van der Waals surface area (Å²) in [5.74, 6) is 3.35. The maximum Gasteiger partial charge on any atom is 0.226 e. The molecule has 2 aliphatic rings. The van der Waals surface area contributed by atoms with Crippen LogP contribution in [0.2, 0.25) is 5.28 Å². The third kappa shape index (κ3) is 4.72. The Balaban J connectivity index is 1.54. The Bertz CT molecular complexity index is 1170. The molecule has 0 radical (unpaired) electrons. The Hall–Kier alpha value is -2.78. The van der Waals surface area contributed by atoms with Gasteiger partial charge in [-0.15, -0.1) is 0 Å². The topological polar surface area (TPSA) is 103 Å². The summed E-state index contributed by atoms with van der Waals surface area (Å²) in [4.78, 5) is 15.9. The molecule has 0 spiro atoms. The zero-order chi connectivity index (χ0) is 23.7. The molecule has 5 rings (SSSR count). The minimum Gasteiger partial charge on any atom is -0.486 e. The third-order valence-corrected chi connectivity index (χ3v) is 6.45. The predicted octanol–water partition coefficient (Wildman–Crippen LogP) is 3.27. The maximum absolute atomic E-state index is 6.18. The summed E-state index contributed by atoms with van der Waals surface area (Å²) in [7, 11) is 0. The first kappa shape index (κ1) is 23.0. The van der Waals surface area contributed by atoms with Gasteiger partial charge in [0.15, 0.2) is 28.5 Å². The lowest BCUT2D eigenvalue weighted by Gasteiger charge is -2.26. The summed E-state index contributed by atoms with van der Waals surface area (Å²) in [5.41, 5.74) is 9.75. The molecular weight excluding hydrogens is 454 g/mol. The Labute approximate surface area is 204 Å². The number of nitrogens with two attached hydrogens (primary N) is 1. The minimum atomic E-state index is 0.130. The van der Waals surface area contributed by atoms with E-state index in [0.717, 1.165) is 49.1 Å². The molecular formula is C24H32ClN7O2. The van der Waals surface area contributed by atoms with E-state index < -0.39 is 0 Å². The van der Waals surface area contributed by atoms with Crippen LogP contribution in [-0.4, -0.2) is 58.9 Å². The van der Waals surface area contributed by atoms with Gasteiger partial charge in [-0.1, -0.05) is 13.8 Å². The van der Waals surface area contributed by atoms with Crippen LogP contribution in [0, 0.1) is 5.92 Å². The van der Waals surface area contributed by atoms with Crippen molar-refractivity contribution < 1.29 is 9.47 Å². The molecule has 3 N–H and O–H groups in total. The first-order chi connectivity index (χ1) is 16.5. The number of ether oxygens (including phenoxy) is 2. The second-order valence-electron chi connectivity index (χ2n) is 9.32. The van der Waals surface area contributed by atoms with Crippen LogP contribution in [0.3, 0.4) is 0 Å². The normalized spacial score (nSPS) is 15.6. The van der Waals surface area contributed by atoms with Crippen molar-refractivity contribution >= 4 is 34.3 Å². The maximum atomic E-state index is 6.18. The smallest absolute Gasteiger partial charge is 0.226 e. The second-order valence-corrected chi connectivity index (χ2v) is 9.66. The lowest BCUT2D eigenvalue weighted by atomic mass is 10.1. The van der Waals surface area contributed by atoms with Crippen molar-refractivity contribution in [1.82, 2.24) is 24.8 Å². The quantitative estimate of drug-likeness (QED) is 0.370. The van der Waals surface area contributed by atoms with E-state index in [1.807, 2.05) is 0 Å². The molecule has 0 amide bonds. The van der Waals surface area contributed by atoms with E-state index in [9.17, 15) is 0 Å². The number of benzene rings is 1. The Morgan fingerprint density at radius 1 is 1.09 bits per heavy atom. The van der Waals surface area contributed by atoms with E-state index in [-0.39, 0.29) is 5.28 Å². The summed E-state index contributed by atoms with van der Waals surface area (Å²) < 4.78 is 13.9. The van der Waals surface area contributed by atoms with E-state index in [1.165, 1.54) is 18.5 Å². The highest BCUT2D eigenvalue weighted by molar-refractivity contribution is 6.28. The van der Waals surface area contributed by atoms with Crippen LogP contribution in [0.4, 0.5) is 11.5 Å². The van der Waals surface area contributed by atoms with Gasteiger partial charge in [0.1, 0.15) is 19.0 Å². The summed E-state index contributed by atoms with van der Waals surface area (Å²) in [6, 6.07) is 4.22. The molecule has 10 heteroatoms. The van der Waals surface area contributed by atoms with Crippen molar-refractivity contribution in [3.8, 4) is 11.5 Å². The molecule has 0 bridgehead atoms. The standard InChI is InChI=1S/C24H32ClN7O2/c1-15(2)14-27-5-8-32-20(28-21-22(26)29-24(25)30-23(21)32)12-16-11-18-19(34-10-9-33-18)13-17(16)31-6-3-4-7-31/h11,13,15,27H,3-10,12,14H2,1-2H3,(H2,26,29,30). The number of nitrogens with one attached hydrogen (secondary N) is 1. The number of nitrogen functional groups attached to an aromatic ring is 1. The van der Waals surface area contributed by atoms with Crippen LogP contribution in [0.25, 0.3) is 11.2 Å². The molecule has 4 heterocycles. The number of rotatable bonds is 8. The Morgan fingerprint density at radius 2 is 1.82 bits per heavy atom. The van der Waals surface area contributed by atoms with Crippen LogP contribution in [0.5, 0.6) is 11.5 Å². The highest BCUT2D eigenvalue weighted by Gasteiger charge is 2.24. The van der Waals surface area contributed by atoms with Gasteiger partial charge in [-0.25, -0.2) is 4.98 Å². The van der Waals surface area contributed by atoms with Gasteiger partial charge in [-0.05, 0) is 48.5 Å². The minimum absolute atomic E-state index is 0.130. The second kappa shape index (κ2) is 9.84. The molecule has 0 atom stereocenters. The van der Waals surface area contributed by atoms with Gasteiger partial charge >= 0.3 is 0 Å². The molecule has 0 aliphatic carbocycles. The molecule has 1 fully saturated rings. The molecule has 34 heavy (non-hydrogen) atoms. The molecule has 2 aliphatic heterocycles. The molecule has 9 nitrogen and oxygen atoms in total. The summed E-state index contributed by atoms with van der Waals surface area (Å²) in [5, 5.41) is 3.63. The fourth-order valence-electron chi connectivity index (χ4n) is 4.68. The van der Waals surface area contributed by atoms with Gasteiger partial charge in [-0.2, -0.15) is 9.97 Å². The largest absolute Gasteiger partial charge is 0.486 e. The zero-order valence-corrected chi connectivity index (χ0v) is 20.6. The average molecular weight is 486 g/mol. The van der Waals surface area contributed by atoms with E-state index >= 15 is 0 Å².